The van der Waals surface area contributed by atoms with Crippen molar-refractivity contribution in [3.05, 3.63) is 59.7 Å². The highest BCUT2D eigenvalue weighted by atomic mass is 16.6. The average molecular weight is 478 g/mol. The van der Waals surface area contributed by atoms with E-state index in [-0.39, 0.29) is 17.4 Å². The number of hydrogen-bond donors (Lipinski definition) is 2. The van der Waals surface area contributed by atoms with Crippen LogP contribution in [0, 0.1) is 5.41 Å². The molecule has 2 aromatic rings. The summed E-state index contributed by atoms with van der Waals surface area (Å²) >= 11 is 0. The van der Waals surface area contributed by atoms with Gasteiger partial charge < -0.3 is 20.3 Å². The highest BCUT2D eigenvalue weighted by Gasteiger charge is 2.37. The summed E-state index contributed by atoms with van der Waals surface area (Å²) in [6.07, 6.45) is 4.47. The van der Waals surface area contributed by atoms with Crippen molar-refractivity contribution in [3.63, 3.8) is 0 Å². The Hall–Kier alpha value is -2.86. The van der Waals surface area contributed by atoms with Crippen LogP contribution in [0.1, 0.15) is 62.4 Å². The molecule has 2 aliphatic heterocycles. The van der Waals surface area contributed by atoms with E-state index in [0.29, 0.717) is 25.2 Å². The predicted octanol–water partition coefficient (Wildman–Crippen LogP) is 5.03. The Bertz CT molecular complexity index is 1040. The van der Waals surface area contributed by atoms with Crippen molar-refractivity contribution in [1.29, 1.82) is 0 Å². The van der Waals surface area contributed by atoms with Crippen LogP contribution in [0.2, 0.25) is 0 Å². The third-order valence-corrected chi connectivity index (χ3v) is 7.18. The minimum absolute atomic E-state index is 0.0173. The van der Waals surface area contributed by atoms with E-state index < -0.39 is 5.60 Å². The topological polar surface area (TPSA) is 70.7 Å². The second-order valence-electron chi connectivity index (χ2n) is 11.0. The van der Waals surface area contributed by atoms with Crippen molar-refractivity contribution in [2.24, 2.45) is 5.41 Å². The summed E-state index contributed by atoms with van der Waals surface area (Å²) in [6, 6.07) is 16.4. The summed E-state index contributed by atoms with van der Waals surface area (Å²) in [5, 5.41) is 6.85. The van der Waals surface area contributed by atoms with Crippen LogP contribution in [0.5, 0.6) is 0 Å². The lowest BCUT2D eigenvalue weighted by molar-refractivity contribution is 0.00855. The Morgan fingerprint density at radius 3 is 2.49 bits per heavy atom. The standard InChI is InChI=1S/C29H39N3O3/c1-28(2,3)35-27(34)32-18-14-29(15-19-32)13-7-16-30-17-12-22-8-4-5-11-25(22)23-9-6-10-24(20-23)26(33)31-21-29/h4-6,8-11,20,30H,7,12-19,21H2,1-3H3,(H,31,33). The fraction of sp³-hybridized carbons (Fsp3) is 0.517. The lowest BCUT2D eigenvalue weighted by atomic mass is 9.74. The third-order valence-electron chi connectivity index (χ3n) is 7.18. The van der Waals surface area contributed by atoms with E-state index >= 15 is 0 Å². The van der Waals surface area contributed by atoms with Crippen LogP contribution in [0.3, 0.4) is 0 Å². The molecule has 35 heavy (non-hydrogen) atoms. The van der Waals surface area contributed by atoms with E-state index in [9.17, 15) is 9.59 Å². The smallest absolute Gasteiger partial charge is 0.410 e. The monoisotopic (exact) mass is 477 g/mol. The first-order chi connectivity index (χ1) is 16.7. The van der Waals surface area contributed by atoms with Crippen LogP contribution in [0.25, 0.3) is 11.1 Å². The lowest BCUT2D eigenvalue weighted by Crippen LogP contribution is -2.49. The number of nitrogens with one attached hydrogen (secondary N) is 2. The van der Waals surface area contributed by atoms with Crippen LogP contribution in [0.4, 0.5) is 4.79 Å². The molecule has 6 nitrogen and oxygen atoms in total. The van der Waals surface area contributed by atoms with Gasteiger partial charge in [0.1, 0.15) is 5.60 Å². The number of carbonyl (C=O) groups is 2. The number of nitrogens with zero attached hydrogens (tertiary/aromatic N) is 1. The van der Waals surface area contributed by atoms with Gasteiger partial charge in [-0.2, -0.15) is 0 Å². The zero-order chi connectivity index (χ0) is 24.9. The minimum atomic E-state index is -0.497. The largest absolute Gasteiger partial charge is 0.444 e. The molecule has 0 radical (unpaired) electrons. The van der Waals surface area contributed by atoms with E-state index in [1.165, 1.54) is 11.1 Å². The van der Waals surface area contributed by atoms with Crippen LogP contribution < -0.4 is 10.6 Å². The number of hydrogen-bond acceptors (Lipinski definition) is 4. The van der Waals surface area contributed by atoms with Gasteiger partial charge in [-0.3, -0.25) is 4.79 Å². The highest BCUT2D eigenvalue weighted by Crippen LogP contribution is 2.36. The van der Waals surface area contributed by atoms with Crippen molar-refractivity contribution in [3.8, 4) is 11.1 Å². The quantitative estimate of drug-likeness (QED) is 0.559. The van der Waals surface area contributed by atoms with E-state index in [4.69, 9.17) is 4.74 Å². The predicted molar refractivity (Wildman–Crippen MR) is 139 cm³/mol. The summed E-state index contributed by atoms with van der Waals surface area (Å²) in [7, 11) is 0. The molecule has 0 aliphatic carbocycles. The molecule has 0 saturated carbocycles. The molecule has 1 fully saturated rings. The molecule has 4 rings (SSSR count). The Labute approximate surface area is 209 Å². The molecule has 2 heterocycles. The first-order valence-corrected chi connectivity index (χ1v) is 12.9. The Kier molecular flexibility index (Phi) is 7.80. The second kappa shape index (κ2) is 10.8. The molecule has 2 N–H and O–H groups in total. The molecule has 1 saturated heterocycles. The van der Waals surface area contributed by atoms with Crippen molar-refractivity contribution in [1.82, 2.24) is 15.5 Å². The maximum atomic E-state index is 13.2. The normalized spacial score (nSPS) is 19.2. The van der Waals surface area contributed by atoms with Crippen LogP contribution in [-0.4, -0.2) is 55.2 Å². The molecule has 2 aliphatic rings. The molecule has 0 aromatic heterocycles. The van der Waals surface area contributed by atoms with Crippen LogP contribution in [-0.2, 0) is 11.2 Å². The molecular weight excluding hydrogens is 438 g/mol. The second-order valence-corrected chi connectivity index (χ2v) is 11.0. The van der Waals surface area contributed by atoms with Gasteiger partial charge in [-0.15, -0.1) is 0 Å². The fourth-order valence-electron chi connectivity index (χ4n) is 5.16. The molecule has 1 spiro atoms. The van der Waals surface area contributed by atoms with Gasteiger partial charge in [0.05, 0.1) is 0 Å². The van der Waals surface area contributed by atoms with Crippen LogP contribution >= 0.6 is 0 Å². The Balaban J connectivity index is 1.49. The summed E-state index contributed by atoms with van der Waals surface area (Å²) in [5.74, 6) is -0.0359. The number of benzene rings is 2. The summed E-state index contributed by atoms with van der Waals surface area (Å²) < 4.78 is 5.58. The van der Waals surface area contributed by atoms with E-state index in [1.807, 2.05) is 43.9 Å². The van der Waals surface area contributed by atoms with Gasteiger partial charge in [-0.1, -0.05) is 36.4 Å². The first kappa shape index (κ1) is 25.2. The number of carbonyl (C=O) groups excluding carboxylic acids is 2. The van der Waals surface area contributed by atoms with Gasteiger partial charge in [0, 0.05) is 25.2 Å². The van der Waals surface area contributed by atoms with Gasteiger partial charge >= 0.3 is 6.09 Å². The van der Waals surface area contributed by atoms with E-state index in [2.05, 4.69) is 41.0 Å². The minimum Gasteiger partial charge on any atom is -0.444 e. The first-order valence-electron chi connectivity index (χ1n) is 12.9. The summed E-state index contributed by atoms with van der Waals surface area (Å²) in [4.78, 5) is 27.6. The highest BCUT2D eigenvalue weighted by molar-refractivity contribution is 5.95. The SMILES string of the molecule is CC(C)(C)OC(=O)N1CCC2(CCCNCCc3ccccc3-c3cccc(c3)C(=O)NC2)CC1. The molecule has 0 unspecified atom stereocenters. The molecule has 0 atom stereocenters. The third kappa shape index (κ3) is 6.63. The molecule has 188 valence electrons. The fourth-order valence-corrected chi connectivity index (χ4v) is 5.16. The van der Waals surface area contributed by atoms with Gasteiger partial charge in [0.2, 0.25) is 0 Å². The van der Waals surface area contributed by atoms with Gasteiger partial charge in [-0.25, -0.2) is 4.79 Å². The average Bonchev–Trinajstić information content (AvgIpc) is 2.84. The lowest BCUT2D eigenvalue weighted by Gasteiger charge is -2.42. The summed E-state index contributed by atoms with van der Waals surface area (Å²) in [6.45, 7) is 9.49. The van der Waals surface area contributed by atoms with Gasteiger partial charge in [0.25, 0.3) is 5.91 Å². The molecule has 2 aromatic carbocycles. The van der Waals surface area contributed by atoms with E-state index in [1.54, 1.807) is 0 Å². The Morgan fingerprint density at radius 2 is 1.71 bits per heavy atom. The van der Waals surface area contributed by atoms with Crippen molar-refractivity contribution >= 4 is 12.0 Å². The van der Waals surface area contributed by atoms with Crippen molar-refractivity contribution < 1.29 is 14.3 Å². The summed E-state index contributed by atoms with van der Waals surface area (Å²) in [5.41, 5.74) is 3.72. The van der Waals surface area contributed by atoms with Crippen LogP contribution in [0.15, 0.2) is 48.5 Å². The zero-order valence-electron chi connectivity index (χ0n) is 21.4. The molecule has 2 bridgehead atoms. The number of fused-ring (bicyclic) bond motifs is 4. The van der Waals surface area contributed by atoms with Gasteiger partial charge in [0.15, 0.2) is 0 Å². The van der Waals surface area contributed by atoms with Crippen molar-refractivity contribution in [2.75, 3.05) is 32.7 Å². The number of ether oxygens (including phenoxy) is 1. The number of rotatable bonds is 0. The number of piperidine rings is 1. The number of likely N-dealkylation sites (tertiary alicyclic amines) is 1. The maximum Gasteiger partial charge on any atom is 0.410 e. The number of amides is 2. The molecule has 2 amide bonds. The Morgan fingerprint density at radius 1 is 0.971 bits per heavy atom. The maximum absolute atomic E-state index is 13.2. The van der Waals surface area contributed by atoms with Crippen molar-refractivity contribution in [2.45, 2.75) is 58.5 Å². The molecule has 6 heteroatoms. The zero-order valence-corrected chi connectivity index (χ0v) is 21.4. The van der Waals surface area contributed by atoms with E-state index in [0.717, 1.165) is 50.8 Å². The van der Waals surface area contributed by atoms with Gasteiger partial charge in [-0.05, 0) is 100 Å². The molecular formula is C29H39N3O3.